The summed E-state index contributed by atoms with van der Waals surface area (Å²) in [6, 6.07) is 13.6. The molecule has 0 unspecified atom stereocenters. The fourth-order valence-corrected chi connectivity index (χ4v) is 2.86. The van der Waals surface area contributed by atoms with Gasteiger partial charge < -0.3 is 10.6 Å². The lowest BCUT2D eigenvalue weighted by Crippen LogP contribution is -2.28. The Balaban J connectivity index is 1.92. The maximum absolute atomic E-state index is 11.9. The fraction of sp³-hybridized carbons (Fsp3) is 0.133. The van der Waals surface area contributed by atoms with Crippen LogP contribution in [0.3, 0.4) is 0 Å². The van der Waals surface area contributed by atoms with Crippen molar-refractivity contribution in [3.63, 3.8) is 0 Å². The predicted molar refractivity (Wildman–Crippen MR) is 93.9 cm³/mol. The van der Waals surface area contributed by atoms with Crippen molar-refractivity contribution >= 4 is 50.2 Å². The summed E-state index contributed by atoms with van der Waals surface area (Å²) in [5.41, 5.74) is 2.93. The van der Waals surface area contributed by atoms with E-state index in [1.807, 2.05) is 49.4 Å². The van der Waals surface area contributed by atoms with Crippen LogP contribution >= 0.6 is 38.5 Å². The second-order valence-electron chi connectivity index (χ2n) is 4.40. The number of nitrogens with one attached hydrogen (secondary N) is 2. The van der Waals surface area contributed by atoms with Gasteiger partial charge >= 0.3 is 6.03 Å². The molecule has 2 aromatic carbocycles. The fourth-order valence-electron chi connectivity index (χ4n) is 1.76. The zero-order valence-electron chi connectivity index (χ0n) is 10.9. The maximum atomic E-state index is 11.9. The number of halogens is 2. The molecule has 0 atom stereocenters. The molecular formula is C15H14BrIN2O. The summed E-state index contributed by atoms with van der Waals surface area (Å²) >= 11 is 5.66. The van der Waals surface area contributed by atoms with E-state index >= 15 is 0 Å². The minimum Gasteiger partial charge on any atom is -0.334 e. The van der Waals surface area contributed by atoms with E-state index in [0.717, 1.165) is 24.9 Å². The van der Waals surface area contributed by atoms with Crippen molar-refractivity contribution < 1.29 is 4.79 Å². The molecule has 5 heteroatoms. The van der Waals surface area contributed by atoms with Crippen LogP contribution in [0, 0.1) is 10.5 Å². The van der Waals surface area contributed by atoms with Gasteiger partial charge in [-0.1, -0.05) is 28.1 Å². The molecule has 0 aliphatic carbocycles. The monoisotopic (exact) mass is 444 g/mol. The SMILES string of the molecule is Cc1cc(I)ccc1NC(=O)NCc1cccc(Br)c1. The van der Waals surface area contributed by atoms with Crippen LogP contribution in [0.1, 0.15) is 11.1 Å². The van der Waals surface area contributed by atoms with E-state index in [9.17, 15) is 4.79 Å². The van der Waals surface area contributed by atoms with E-state index < -0.39 is 0 Å². The van der Waals surface area contributed by atoms with Crippen LogP contribution in [0.5, 0.6) is 0 Å². The average molecular weight is 445 g/mol. The highest BCUT2D eigenvalue weighted by molar-refractivity contribution is 14.1. The van der Waals surface area contributed by atoms with Crippen molar-refractivity contribution in [1.82, 2.24) is 5.32 Å². The van der Waals surface area contributed by atoms with Gasteiger partial charge in [0.05, 0.1) is 0 Å². The summed E-state index contributed by atoms with van der Waals surface area (Å²) < 4.78 is 2.16. The molecule has 0 aliphatic heterocycles. The normalized spacial score (nSPS) is 10.2. The number of aryl methyl sites for hydroxylation is 1. The Kier molecular flexibility index (Phi) is 5.42. The van der Waals surface area contributed by atoms with E-state index in [2.05, 4.69) is 49.2 Å². The summed E-state index contributed by atoms with van der Waals surface area (Å²) in [4.78, 5) is 11.9. The van der Waals surface area contributed by atoms with Gasteiger partial charge in [0.2, 0.25) is 0 Å². The van der Waals surface area contributed by atoms with Gasteiger partial charge in [-0.25, -0.2) is 4.79 Å². The van der Waals surface area contributed by atoms with Crippen molar-refractivity contribution in [2.75, 3.05) is 5.32 Å². The lowest BCUT2D eigenvalue weighted by molar-refractivity contribution is 0.251. The Bertz CT molecular complexity index is 631. The van der Waals surface area contributed by atoms with Crippen molar-refractivity contribution in [3.05, 3.63) is 61.6 Å². The molecular weight excluding hydrogens is 431 g/mol. The molecule has 104 valence electrons. The topological polar surface area (TPSA) is 41.1 Å². The first-order chi connectivity index (χ1) is 9.54. The summed E-state index contributed by atoms with van der Waals surface area (Å²) in [6.07, 6.45) is 0. The molecule has 0 heterocycles. The lowest BCUT2D eigenvalue weighted by Gasteiger charge is -2.10. The van der Waals surface area contributed by atoms with Crippen LogP contribution in [-0.4, -0.2) is 6.03 Å². The van der Waals surface area contributed by atoms with Gasteiger partial charge in [0, 0.05) is 20.3 Å². The number of benzene rings is 2. The second-order valence-corrected chi connectivity index (χ2v) is 6.56. The molecule has 0 aliphatic rings. The van der Waals surface area contributed by atoms with Gasteiger partial charge in [-0.05, 0) is 71.0 Å². The van der Waals surface area contributed by atoms with Crippen molar-refractivity contribution in [2.24, 2.45) is 0 Å². The number of hydrogen-bond donors (Lipinski definition) is 2. The number of carbonyl (C=O) groups excluding carboxylic acids is 1. The number of rotatable bonds is 3. The Morgan fingerprint density at radius 2 is 2.05 bits per heavy atom. The highest BCUT2D eigenvalue weighted by Crippen LogP contribution is 2.17. The zero-order valence-corrected chi connectivity index (χ0v) is 14.7. The van der Waals surface area contributed by atoms with Gasteiger partial charge in [0.25, 0.3) is 0 Å². The van der Waals surface area contributed by atoms with Gasteiger partial charge in [0.15, 0.2) is 0 Å². The van der Waals surface area contributed by atoms with Gasteiger partial charge in [-0.15, -0.1) is 0 Å². The smallest absolute Gasteiger partial charge is 0.319 e. The first kappa shape index (κ1) is 15.3. The molecule has 2 aromatic rings. The molecule has 0 aromatic heterocycles. The first-order valence-electron chi connectivity index (χ1n) is 6.10. The molecule has 0 radical (unpaired) electrons. The van der Waals surface area contributed by atoms with Crippen molar-refractivity contribution in [2.45, 2.75) is 13.5 Å². The second kappa shape index (κ2) is 7.08. The number of anilines is 1. The third-order valence-corrected chi connectivity index (χ3v) is 3.94. The van der Waals surface area contributed by atoms with Crippen LogP contribution in [-0.2, 0) is 6.54 Å². The van der Waals surface area contributed by atoms with E-state index in [1.165, 1.54) is 0 Å². The highest BCUT2D eigenvalue weighted by Gasteiger charge is 2.04. The van der Waals surface area contributed by atoms with Gasteiger partial charge in [-0.2, -0.15) is 0 Å². The average Bonchev–Trinajstić information content (AvgIpc) is 2.40. The van der Waals surface area contributed by atoms with Gasteiger partial charge in [-0.3, -0.25) is 0 Å². The van der Waals surface area contributed by atoms with Crippen LogP contribution in [0.2, 0.25) is 0 Å². The summed E-state index contributed by atoms with van der Waals surface area (Å²) in [5.74, 6) is 0. The zero-order chi connectivity index (χ0) is 14.5. The van der Waals surface area contributed by atoms with Crippen molar-refractivity contribution in [1.29, 1.82) is 0 Å². The van der Waals surface area contributed by atoms with Crippen molar-refractivity contribution in [3.8, 4) is 0 Å². The van der Waals surface area contributed by atoms with E-state index in [0.29, 0.717) is 6.54 Å². The number of carbonyl (C=O) groups is 1. The molecule has 3 nitrogen and oxygen atoms in total. The Morgan fingerprint density at radius 1 is 1.25 bits per heavy atom. The quantitative estimate of drug-likeness (QED) is 0.663. The highest BCUT2D eigenvalue weighted by atomic mass is 127. The van der Waals surface area contributed by atoms with Crippen LogP contribution < -0.4 is 10.6 Å². The number of amides is 2. The molecule has 0 saturated carbocycles. The summed E-state index contributed by atoms with van der Waals surface area (Å²) in [5, 5.41) is 5.70. The van der Waals surface area contributed by atoms with Crippen LogP contribution in [0.4, 0.5) is 10.5 Å². The molecule has 0 bridgehead atoms. The minimum absolute atomic E-state index is 0.200. The Morgan fingerprint density at radius 3 is 2.75 bits per heavy atom. The maximum Gasteiger partial charge on any atom is 0.319 e. The molecule has 0 spiro atoms. The van der Waals surface area contributed by atoms with Crippen LogP contribution in [0.25, 0.3) is 0 Å². The number of hydrogen-bond acceptors (Lipinski definition) is 1. The Labute approximate surface area is 140 Å². The van der Waals surface area contributed by atoms with Gasteiger partial charge in [0.1, 0.15) is 0 Å². The Hall–Kier alpha value is -1.08. The lowest BCUT2D eigenvalue weighted by atomic mass is 10.2. The van der Waals surface area contributed by atoms with Crippen LogP contribution in [0.15, 0.2) is 46.9 Å². The van der Waals surface area contributed by atoms with E-state index in [1.54, 1.807) is 0 Å². The predicted octanol–water partition coefficient (Wildman–Crippen LogP) is 4.68. The van der Waals surface area contributed by atoms with E-state index in [4.69, 9.17) is 0 Å². The third kappa shape index (κ3) is 4.49. The standard InChI is InChI=1S/C15H14BrIN2O/c1-10-7-13(17)5-6-14(10)19-15(20)18-9-11-3-2-4-12(16)8-11/h2-8H,9H2,1H3,(H2,18,19,20). The minimum atomic E-state index is -0.200. The van der Waals surface area contributed by atoms with E-state index in [-0.39, 0.29) is 6.03 Å². The first-order valence-corrected chi connectivity index (χ1v) is 7.97. The molecule has 2 rings (SSSR count). The summed E-state index contributed by atoms with van der Waals surface area (Å²) in [6.45, 7) is 2.47. The molecule has 2 N–H and O–H groups in total. The summed E-state index contributed by atoms with van der Waals surface area (Å²) in [7, 11) is 0. The molecule has 20 heavy (non-hydrogen) atoms. The third-order valence-electron chi connectivity index (χ3n) is 2.78. The molecule has 0 fully saturated rings. The molecule has 0 saturated heterocycles. The number of urea groups is 1. The largest absolute Gasteiger partial charge is 0.334 e. The molecule has 2 amide bonds.